The monoisotopic (exact) mass is 360 g/mol. The van der Waals surface area contributed by atoms with Crippen LogP contribution in [0.1, 0.15) is 24.0 Å². The number of ketones is 1. The van der Waals surface area contributed by atoms with Gasteiger partial charge >= 0.3 is 0 Å². The minimum absolute atomic E-state index is 0.224. The van der Waals surface area contributed by atoms with Crippen LogP contribution in [0.3, 0.4) is 0 Å². The topological polar surface area (TPSA) is 50.7 Å². The van der Waals surface area contributed by atoms with Crippen molar-refractivity contribution in [1.29, 1.82) is 0 Å². The molecule has 0 aliphatic carbocycles. The van der Waals surface area contributed by atoms with E-state index in [4.69, 9.17) is 9.73 Å². The summed E-state index contributed by atoms with van der Waals surface area (Å²) in [6, 6.07) is 18.2. The summed E-state index contributed by atoms with van der Waals surface area (Å²) in [6.07, 6.45) is 2.37. The van der Waals surface area contributed by atoms with Gasteiger partial charge in [-0.2, -0.15) is 0 Å². The van der Waals surface area contributed by atoms with Crippen LogP contribution in [0.5, 0.6) is 5.75 Å². The van der Waals surface area contributed by atoms with Gasteiger partial charge < -0.3 is 10.1 Å². The Bertz CT molecular complexity index is 900. The third-order valence-corrected chi connectivity index (χ3v) is 5.34. The summed E-state index contributed by atoms with van der Waals surface area (Å²) in [6.45, 7) is 1.50. The molecular weight excluding hydrogens is 336 g/mol. The van der Waals surface area contributed by atoms with E-state index < -0.39 is 0 Å². The van der Waals surface area contributed by atoms with Gasteiger partial charge in [0.1, 0.15) is 5.75 Å². The van der Waals surface area contributed by atoms with Crippen molar-refractivity contribution in [1.82, 2.24) is 5.32 Å². The first-order valence-corrected chi connectivity index (χ1v) is 9.51. The number of hydrogen-bond donors (Lipinski definition) is 1. The number of nitrogens with one attached hydrogen (secondary N) is 1. The van der Waals surface area contributed by atoms with Crippen molar-refractivity contribution in [2.24, 2.45) is 10.9 Å². The van der Waals surface area contributed by atoms with Crippen molar-refractivity contribution in [2.45, 2.75) is 19.3 Å². The highest BCUT2D eigenvalue weighted by Gasteiger charge is 2.35. The molecule has 27 heavy (non-hydrogen) atoms. The molecule has 0 amide bonds. The minimum atomic E-state index is -0.224. The lowest BCUT2D eigenvalue weighted by Gasteiger charge is -2.29. The Morgan fingerprint density at radius 1 is 1.11 bits per heavy atom. The minimum Gasteiger partial charge on any atom is -0.496 e. The lowest BCUT2D eigenvalue weighted by atomic mass is 9.80. The van der Waals surface area contributed by atoms with Gasteiger partial charge in [0.15, 0.2) is 5.78 Å². The van der Waals surface area contributed by atoms with Gasteiger partial charge in [0, 0.05) is 17.7 Å². The molecule has 0 saturated heterocycles. The van der Waals surface area contributed by atoms with E-state index in [-0.39, 0.29) is 11.7 Å². The number of para-hydroxylation sites is 1. The Hall–Kier alpha value is -2.72. The van der Waals surface area contributed by atoms with E-state index >= 15 is 0 Å². The van der Waals surface area contributed by atoms with Gasteiger partial charge in [0.2, 0.25) is 0 Å². The van der Waals surface area contributed by atoms with Gasteiger partial charge in [-0.15, -0.1) is 0 Å². The Morgan fingerprint density at radius 3 is 2.70 bits per heavy atom. The van der Waals surface area contributed by atoms with Gasteiger partial charge in [0.25, 0.3) is 0 Å². The molecule has 0 fully saturated rings. The summed E-state index contributed by atoms with van der Waals surface area (Å²) in [4.78, 5) is 18.3. The van der Waals surface area contributed by atoms with Crippen molar-refractivity contribution in [3.8, 4) is 5.75 Å². The van der Waals surface area contributed by atoms with E-state index in [2.05, 4.69) is 17.4 Å². The average Bonchev–Trinajstić information content (AvgIpc) is 2.73. The molecule has 4 nitrogen and oxygen atoms in total. The second-order valence-corrected chi connectivity index (χ2v) is 6.99. The summed E-state index contributed by atoms with van der Waals surface area (Å²) < 4.78 is 5.56. The summed E-state index contributed by atoms with van der Waals surface area (Å²) in [5.74, 6) is 0.776. The van der Waals surface area contributed by atoms with Crippen LogP contribution in [-0.2, 0) is 11.2 Å². The molecule has 0 bridgehead atoms. The first kappa shape index (κ1) is 17.7. The third-order valence-electron chi connectivity index (χ3n) is 5.34. The average molecular weight is 360 g/mol. The summed E-state index contributed by atoms with van der Waals surface area (Å²) in [5.41, 5.74) is 4.81. The smallest absolute Gasteiger partial charge is 0.169 e. The van der Waals surface area contributed by atoms with Gasteiger partial charge in [0.05, 0.1) is 24.4 Å². The van der Waals surface area contributed by atoms with E-state index in [1.807, 2.05) is 42.5 Å². The van der Waals surface area contributed by atoms with Gasteiger partial charge in [-0.3, -0.25) is 9.79 Å². The Morgan fingerprint density at radius 2 is 1.89 bits per heavy atom. The number of methoxy groups -OCH3 is 1. The number of carbonyl (C=O) groups is 1. The van der Waals surface area contributed by atoms with Crippen LogP contribution < -0.4 is 10.1 Å². The number of hydrogen-bond acceptors (Lipinski definition) is 4. The molecule has 1 unspecified atom stereocenters. The fourth-order valence-electron chi connectivity index (χ4n) is 3.93. The highest BCUT2D eigenvalue weighted by Crippen LogP contribution is 2.33. The first-order valence-electron chi connectivity index (χ1n) is 9.51. The molecule has 2 aliphatic heterocycles. The number of benzene rings is 2. The zero-order chi connectivity index (χ0) is 18.6. The van der Waals surface area contributed by atoms with Gasteiger partial charge in [-0.05, 0) is 43.5 Å². The maximum Gasteiger partial charge on any atom is 0.169 e. The SMILES string of the molecule is COc1ccccc1C1=NC2=C(CCNC2)C(=O)C1CCc1ccccc1. The van der Waals surface area contributed by atoms with E-state index in [1.165, 1.54) is 5.56 Å². The molecule has 138 valence electrons. The van der Waals surface area contributed by atoms with E-state index in [0.717, 1.165) is 54.1 Å². The highest BCUT2D eigenvalue weighted by molar-refractivity contribution is 6.21. The predicted molar refractivity (Wildman–Crippen MR) is 107 cm³/mol. The third kappa shape index (κ3) is 3.58. The molecule has 2 aromatic rings. The second kappa shape index (κ2) is 7.89. The molecule has 4 rings (SSSR count). The standard InChI is InChI=1S/C23H24N2O2/c1-27-21-10-6-5-9-18(21)22-19(12-11-16-7-3-2-4-8-16)23(26)17-13-14-24-15-20(17)25-22/h2-10,19,24H,11-15H2,1H3. The maximum absolute atomic E-state index is 13.4. The number of ether oxygens (including phenoxy) is 1. The number of Topliss-reactive ketones (excluding diaryl/α,β-unsaturated/α-hetero) is 1. The molecule has 4 heteroatoms. The normalized spacial score (nSPS) is 19.5. The van der Waals surface area contributed by atoms with Gasteiger partial charge in [-0.1, -0.05) is 42.5 Å². The zero-order valence-electron chi connectivity index (χ0n) is 15.6. The fraction of sp³-hybridized carbons (Fsp3) is 0.304. The number of aliphatic imine (C=N–C) groups is 1. The van der Waals surface area contributed by atoms with Crippen LogP contribution in [0.4, 0.5) is 0 Å². The summed E-state index contributed by atoms with van der Waals surface area (Å²) >= 11 is 0. The lowest BCUT2D eigenvalue weighted by molar-refractivity contribution is -0.117. The van der Waals surface area contributed by atoms with Crippen LogP contribution in [0.15, 0.2) is 70.9 Å². The van der Waals surface area contributed by atoms with Crippen molar-refractivity contribution < 1.29 is 9.53 Å². The molecule has 1 N–H and O–H groups in total. The first-order chi connectivity index (χ1) is 13.3. The summed E-state index contributed by atoms with van der Waals surface area (Å²) in [7, 11) is 1.66. The quantitative estimate of drug-likeness (QED) is 0.887. The van der Waals surface area contributed by atoms with Crippen LogP contribution in [0.2, 0.25) is 0 Å². The molecule has 2 heterocycles. The van der Waals surface area contributed by atoms with E-state index in [9.17, 15) is 4.79 Å². The van der Waals surface area contributed by atoms with E-state index in [1.54, 1.807) is 7.11 Å². The molecule has 2 aromatic carbocycles. The number of aryl methyl sites for hydroxylation is 1. The molecule has 0 spiro atoms. The predicted octanol–water partition coefficient (Wildman–Crippen LogP) is 3.56. The Labute approximate surface area is 160 Å². The maximum atomic E-state index is 13.4. The van der Waals surface area contributed by atoms with Crippen LogP contribution >= 0.6 is 0 Å². The number of nitrogens with zero attached hydrogens (tertiary/aromatic N) is 1. The lowest BCUT2D eigenvalue weighted by Crippen LogP contribution is -2.37. The van der Waals surface area contributed by atoms with Crippen LogP contribution in [0.25, 0.3) is 0 Å². The molecule has 0 aromatic heterocycles. The van der Waals surface area contributed by atoms with Crippen molar-refractivity contribution >= 4 is 11.5 Å². The Balaban J connectivity index is 1.71. The molecule has 2 aliphatic rings. The number of carbonyl (C=O) groups excluding carboxylic acids is 1. The molecule has 1 atom stereocenters. The number of rotatable bonds is 5. The van der Waals surface area contributed by atoms with Crippen LogP contribution in [0, 0.1) is 5.92 Å². The highest BCUT2D eigenvalue weighted by atomic mass is 16.5. The Kier molecular flexibility index (Phi) is 5.16. The van der Waals surface area contributed by atoms with Gasteiger partial charge in [-0.25, -0.2) is 0 Å². The zero-order valence-corrected chi connectivity index (χ0v) is 15.6. The summed E-state index contributed by atoms with van der Waals surface area (Å²) in [5, 5.41) is 3.33. The molecule has 0 radical (unpaired) electrons. The van der Waals surface area contributed by atoms with Crippen LogP contribution in [-0.4, -0.2) is 31.7 Å². The molecule has 0 saturated carbocycles. The fourth-order valence-corrected chi connectivity index (χ4v) is 3.93. The van der Waals surface area contributed by atoms with Crippen molar-refractivity contribution in [2.75, 3.05) is 20.2 Å². The van der Waals surface area contributed by atoms with Crippen molar-refractivity contribution in [3.63, 3.8) is 0 Å². The largest absolute Gasteiger partial charge is 0.496 e. The van der Waals surface area contributed by atoms with E-state index in [0.29, 0.717) is 6.54 Å². The second-order valence-electron chi connectivity index (χ2n) is 6.99. The van der Waals surface area contributed by atoms with Crippen molar-refractivity contribution in [3.05, 3.63) is 77.0 Å². The molecular formula is C23H24N2O2.